The lowest BCUT2D eigenvalue weighted by Gasteiger charge is -2.20. The van der Waals surface area contributed by atoms with Gasteiger partial charge in [0.15, 0.2) is 0 Å². The molecule has 0 aliphatic carbocycles. The fourth-order valence-corrected chi connectivity index (χ4v) is 2.83. The summed E-state index contributed by atoms with van der Waals surface area (Å²) in [4.78, 5) is 11.1. The van der Waals surface area contributed by atoms with Crippen molar-refractivity contribution in [1.29, 1.82) is 0 Å². The number of hydrogen-bond donors (Lipinski definition) is 1. The first-order valence-corrected chi connectivity index (χ1v) is 8.87. The largest absolute Gasteiger partial charge is 0.491 e. The molecule has 0 radical (unpaired) electrons. The average molecular weight is 328 g/mol. The van der Waals surface area contributed by atoms with Crippen molar-refractivity contribution in [2.75, 3.05) is 23.7 Å². The van der Waals surface area contributed by atoms with Gasteiger partial charge in [-0.15, -0.1) is 0 Å². The van der Waals surface area contributed by atoms with Crippen LogP contribution in [-0.4, -0.2) is 39.8 Å². The number of benzene rings is 1. The Bertz CT molecular complexity index is 582. The van der Waals surface area contributed by atoms with E-state index in [-0.39, 0.29) is 24.3 Å². The number of hydrogen-bond acceptors (Lipinski definition) is 4. The minimum absolute atomic E-state index is 0.0643. The van der Waals surface area contributed by atoms with E-state index in [2.05, 4.69) is 5.32 Å². The Morgan fingerprint density at radius 3 is 2.36 bits per heavy atom. The van der Waals surface area contributed by atoms with Crippen molar-refractivity contribution in [3.63, 3.8) is 0 Å². The number of nitrogens with one attached hydrogen (secondary N) is 1. The molecule has 0 bridgehead atoms. The predicted octanol–water partition coefficient (Wildman–Crippen LogP) is 1.77. The van der Waals surface area contributed by atoms with Gasteiger partial charge in [-0.25, -0.2) is 8.42 Å². The predicted molar refractivity (Wildman–Crippen MR) is 87.7 cm³/mol. The molecule has 0 aromatic heterocycles. The molecule has 0 saturated heterocycles. The Labute approximate surface area is 132 Å². The summed E-state index contributed by atoms with van der Waals surface area (Å²) in [5.41, 5.74) is 0.554. The molecule has 0 heterocycles. The first-order chi connectivity index (χ1) is 10.3. The first kappa shape index (κ1) is 18.3. The van der Waals surface area contributed by atoms with Gasteiger partial charge in [-0.05, 0) is 38.1 Å². The van der Waals surface area contributed by atoms with Crippen molar-refractivity contribution in [3.8, 4) is 5.75 Å². The summed E-state index contributed by atoms with van der Waals surface area (Å²) in [5, 5.41) is 2.56. The molecule has 1 amide bonds. The molecule has 0 aliphatic rings. The number of carbonyl (C=O) groups excluding carboxylic acids is 1. The normalized spacial score (nSPS) is 11.3. The third kappa shape index (κ3) is 5.55. The lowest BCUT2D eigenvalue weighted by atomic mass is 10.3. The van der Waals surface area contributed by atoms with Gasteiger partial charge < -0.3 is 10.1 Å². The SMILES string of the molecule is CCC(=O)NCCS(=O)(=O)N(C)c1ccc(OC(C)C)cc1. The maximum absolute atomic E-state index is 12.2. The lowest BCUT2D eigenvalue weighted by molar-refractivity contribution is -0.120. The summed E-state index contributed by atoms with van der Waals surface area (Å²) in [6.45, 7) is 5.68. The third-order valence-electron chi connectivity index (χ3n) is 2.99. The van der Waals surface area contributed by atoms with Gasteiger partial charge in [0.25, 0.3) is 0 Å². The van der Waals surface area contributed by atoms with E-state index in [1.807, 2.05) is 13.8 Å². The summed E-state index contributed by atoms with van der Waals surface area (Å²) < 4.78 is 31.1. The van der Waals surface area contributed by atoms with Crippen LogP contribution in [0.15, 0.2) is 24.3 Å². The maximum atomic E-state index is 12.2. The van der Waals surface area contributed by atoms with E-state index in [9.17, 15) is 13.2 Å². The second kappa shape index (κ2) is 8.03. The smallest absolute Gasteiger partial charge is 0.236 e. The van der Waals surface area contributed by atoms with Gasteiger partial charge in [0, 0.05) is 20.0 Å². The van der Waals surface area contributed by atoms with Crippen LogP contribution in [0.3, 0.4) is 0 Å². The summed E-state index contributed by atoms with van der Waals surface area (Å²) in [6, 6.07) is 6.86. The van der Waals surface area contributed by atoms with Crippen molar-refractivity contribution >= 4 is 21.6 Å². The molecular weight excluding hydrogens is 304 g/mol. The van der Waals surface area contributed by atoms with Gasteiger partial charge in [-0.3, -0.25) is 9.10 Å². The second-order valence-corrected chi connectivity index (χ2v) is 7.27. The molecule has 1 aromatic carbocycles. The highest BCUT2D eigenvalue weighted by Crippen LogP contribution is 2.21. The van der Waals surface area contributed by atoms with Crippen LogP contribution in [0.4, 0.5) is 5.69 Å². The number of anilines is 1. The standard InChI is InChI=1S/C15H24N2O4S/c1-5-15(18)16-10-11-22(19,20)17(4)13-6-8-14(9-7-13)21-12(2)3/h6-9,12H,5,10-11H2,1-4H3,(H,16,18). The minimum atomic E-state index is -3.48. The molecule has 0 aliphatic heterocycles. The third-order valence-corrected chi connectivity index (χ3v) is 4.76. The highest BCUT2D eigenvalue weighted by Gasteiger charge is 2.18. The zero-order valence-electron chi connectivity index (χ0n) is 13.5. The Morgan fingerprint density at radius 2 is 1.86 bits per heavy atom. The van der Waals surface area contributed by atoms with Crippen molar-refractivity contribution in [2.45, 2.75) is 33.3 Å². The fourth-order valence-electron chi connectivity index (χ4n) is 1.75. The zero-order chi connectivity index (χ0) is 16.8. The molecule has 6 nitrogen and oxygen atoms in total. The maximum Gasteiger partial charge on any atom is 0.236 e. The molecular formula is C15H24N2O4S. The Morgan fingerprint density at radius 1 is 1.27 bits per heavy atom. The number of ether oxygens (including phenoxy) is 1. The molecule has 0 atom stereocenters. The van der Waals surface area contributed by atoms with Crippen molar-refractivity contribution in [1.82, 2.24) is 5.32 Å². The molecule has 7 heteroatoms. The Balaban J connectivity index is 2.68. The molecule has 1 aromatic rings. The van der Waals surface area contributed by atoms with E-state index < -0.39 is 10.0 Å². The molecule has 0 fully saturated rings. The average Bonchev–Trinajstić information content (AvgIpc) is 2.46. The van der Waals surface area contributed by atoms with Crippen LogP contribution in [0.25, 0.3) is 0 Å². The molecule has 0 saturated carbocycles. The Hall–Kier alpha value is -1.76. The van der Waals surface area contributed by atoms with Crippen LogP contribution in [0.5, 0.6) is 5.75 Å². The highest BCUT2D eigenvalue weighted by molar-refractivity contribution is 7.92. The first-order valence-electron chi connectivity index (χ1n) is 7.26. The molecule has 0 spiro atoms. The van der Waals surface area contributed by atoms with E-state index in [0.29, 0.717) is 17.9 Å². The van der Waals surface area contributed by atoms with Gasteiger partial charge in [0.05, 0.1) is 17.5 Å². The molecule has 124 valence electrons. The van der Waals surface area contributed by atoms with Crippen molar-refractivity contribution < 1.29 is 17.9 Å². The second-order valence-electron chi connectivity index (χ2n) is 5.15. The number of rotatable bonds is 8. The van der Waals surface area contributed by atoms with Gasteiger partial charge in [0.1, 0.15) is 5.75 Å². The van der Waals surface area contributed by atoms with E-state index in [1.54, 1.807) is 31.2 Å². The summed E-state index contributed by atoms with van der Waals surface area (Å²) >= 11 is 0. The van der Waals surface area contributed by atoms with E-state index in [0.717, 1.165) is 0 Å². The van der Waals surface area contributed by atoms with Crippen molar-refractivity contribution in [3.05, 3.63) is 24.3 Å². The summed E-state index contributed by atoms with van der Waals surface area (Å²) in [7, 11) is -1.98. The zero-order valence-corrected chi connectivity index (χ0v) is 14.3. The van der Waals surface area contributed by atoms with Crippen molar-refractivity contribution in [2.24, 2.45) is 0 Å². The van der Waals surface area contributed by atoms with Gasteiger partial charge in [-0.2, -0.15) is 0 Å². The van der Waals surface area contributed by atoms with Crippen LogP contribution in [0.1, 0.15) is 27.2 Å². The van der Waals surface area contributed by atoms with Crippen LogP contribution >= 0.6 is 0 Å². The summed E-state index contributed by atoms with van der Waals surface area (Å²) in [6.07, 6.45) is 0.405. The van der Waals surface area contributed by atoms with Crippen LogP contribution in [0, 0.1) is 0 Å². The highest BCUT2D eigenvalue weighted by atomic mass is 32.2. The lowest BCUT2D eigenvalue weighted by Crippen LogP contribution is -2.35. The van der Waals surface area contributed by atoms with Crippen LogP contribution in [0.2, 0.25) is 0 Å². The fraction of sp³-hybridized carbons (Fsp3) is 0.533. The number of carbonyl (C=O) groups is 1. The van der Waals surface area contributed by atoms with Gasteiger partial charge >= 0.3 is 0 Å². The topological polar surface area (TPSA) is 75.7 Å². The molecule has 1 N–H and O–H groups in total. The van der Waals surface area contributed by atoms with Crippen LogP contribution < -0.4 is 14.4 Å². The van der Waals surface area contributed by atoms with Gasteiger partial charge in [0.2, 0.25) is 15.9 Å². The minimum Gasteiger partial charge on any atom is -0.491 e. The summed E-state index contributed by atoms with van der Waals surface area (Å²) in [5.74, 6) is 0.396. The monoisotopic (exact) mass is 328 g/mol. The molecule has 0 unspecified atom stereocenters. The van der Waals surface area contributed by atoms with E-state index in [4.69, 9.17) is 4.74 Å². The van der Waals surface area contributed by atoms with E-state index in [1.165, 1.54) is 11.4 Å². The number of sulfonamides is 1. The Kier molecular flexibility index (Phi) is 6.67. The number of nitrogens with zero attached hydrogens (tertiary/aromatic N) is 1. The number of amides is 1. The molecule has 22 heavy (non-hydrogen) atoms. The quantitative estimate of drug-likeness (QED) is 0.789. The molecule has 1 rings (SSSR count). The van der Waals surface area contributed by atoms with Crippen LogP contribution in [-0.2, 0) is 14.8 Å². The van der Waals surface area contributed by atoms with Gasteiger partial charge in [-0.1, -0.05) is 6.92 Å². The van der Waals surface area contributed by atoms with E-state index >= 15 is 0 Å².